The first-order valence-corrected chi connectivity index (χ1v) is 5.02. The Balaban J connectivity index is 1.84. The fraction of sp³-hybridized carbons (Fsp3) is 0.600. The molecular weight excluding hydrogens is 178 g/mol. The molecule has 1 aromatic rings. The van der Waals surface area contributed by atoms with E-state index >= 15 is 0 Å². The summed E-state index contributed by atoms with van der Waals surface area (Å²) < 4.78 is 5.40. The normalized spacial score (nSPS) is 22.2. The Morgan fingerprint density at radius 1 is 1.64 bits per heavy atom. The number of anilines is 1. The van der Waals surface area contributed by atoms with Crippen LogP contribution >= 0.6 is 0 Å². The van der Waals surface area contributed by atoms with E-state index in [1.54, 1.807) is 0 Å². The maximum atomic E-state index is 5.40. The minimum Gasteiger partial charge on any atom is -0.378 e. The van der Waals surface area contributed by atoms with Crippen LogP contribution < -0.4 is 10.2 Å². The van der Waals surface area contributed by atoms with E-state index < -0.39 is 0 Å². The number of H-pyrrole nitrogens is 1. The van der Waals surface area contributed by atoms with Crippen LogP contribution in [0.4, 0.5) is 5.82 Å². The van der Waals surface area contributed by atoms with Crippen molar-refractivity contribution in [1.29, 1.82) is 0 Å². The summed E-state index contributed by atoms with van der Waals surface area (Å²) in [7, 11) is 2.09. The third-order valence-electron chi connectivity index (χ3n) is 2.49. The number of ether oxygens (including phenoxy) is 1. The fourth-order valence-corrected chi connectivity index (χ4v) is 1.72. The van der Waals surface area contributed by atoms with Gasteiger partial charge in [-0.2, -0.15) is 0 Å². The van der Waals surface area contributed by atoms with Gasteiger partial charge >= 0.3 is 0 Å². The topological polar surface area (TPSA) is 40.3 Å². The molecule has 0 saturated carbocycles. The summed E-state index contributed by atoms with van der Waals surface area (Å²) in [6.07, 6.45) is 1.94. The minimum atomic E-state index is 0.442. The average molecular weight is 195 g/mol. The molecule has 2 N–H and O–H groups in total. The van der Waals surface area contributed by atoms with Gasteiger partial charge in [-0.25, -0.2) is 0 Å². The molecule has 14 heavy (non-hydrogen) atoms. The first kappa shape index (κ1) is 9.55. The predicted molar refractivity (Wildman–Crippen MR) is 56.7 cm³/mol. The number of hydrogen-bond acceptors (Lipinski definition) is 3. The van der Waals surface area contributed by atoms with E-state index in [4.69, 9.17) is 4.74 Å². The van der Waals surface area contributed by atoms with Gasteiger partial charge in [-0.1, -0.05) is 0 Å². The van der Waals surface area contributed by atoms with E-state index in [0.717, 1.165) is 32.1 Å². The van der Waals surface area contributed by atoms with E-state index in [0.29, 0.717) is 6.04 Å². The fourth-order valence-electron chi connectivity index (χ4n) is 1.72. The quantitative estimate of drug-likeness (QED) is 0.735. The Kier molecular flexibility index (Phi) is 3.06. The van der Waals surface area contributed by atoms with E-state index in [1.165, 1.54) is 0 Å². The van der Waals surface area contributed by atoms with Gasteiger partial charge < -0.3 is 19.9 Å². The molecule has 1 aromatic heterocycles. The molecule has 0 amide bonds. The van der Waals surface area contributed by atoms with Gasteiger partial charge in [0.2, 0.25) is 0 Å². The van der Waals surface area contributed by atoms with Gasteiger partial charge in [0.15, 0.2) is 0 Å². The summed E-state index contributed by atoms with van der Waals surface area (Å²) in [6, 6.07) is 4.53. The molecule has 4 nitrogen and oxygen atoms in total. The molecule has 2 heterocycles. The standard InChI is InChI=1S/C10H17N3O/c1-13(10-3-2-4-12-10)7-9-8-14-6-5-11-9/h2-4,9,11-12H,5-8H2,1H3. The van der Waals surface area contributed by atoms with Crippen LogP contribution in [0, 0.1) is 0 Å². The lowest BCUT2D eigenvalue weighted by atomic mass is 10.2. The van der Waals surface area contributed by atoms with Crippen LogP contribution in [0.25, 0.3) is 0 Å². The molecule has 4 heteroatoms. The van der Waals surface area contributed by atoms with Crippen LogP contribution in [0.5, 0.6) is 0 Å². The number of aromatic nitrogens is 1. The Hall–Kier alpha value is -1.00. The van der Waals surface area contributed by atoms with Gasteiger partial charge in [-0.15, -0.1) is 0 Å². The second kappa shape index (κ2) is 4.48. The lowest BCUT2D eigenvalue weighted by Gasteiger charge is -2.28. The molecule has 1 fully saturated rings. The van der Waals surface area contributed by atoms with Crippen molar-refractivity contribution in [1.82, 2.24) is 10.3 Å². The smallest absolute Gasteiger partial charge is 0.105 e. The summed E-state index contributed by atoms with van der Waals surface area (Å²) in [5.41, 5.74) is 0. The Bertz CT molecular complexity index is 254. The summed E-state index contributed by atoms with van der Waals surface area (Å²) in [6.45, 7) is 3.58. The molecule has 1 unspecified atom stereocenters. The number of aromatic amines is 1. The molecular formula is C10H17N3O. The minimum absolute atomic E-state index is 0.442. The zero-order valence-electron chi connectivity index (χ0n) is 8.49. The van der Waals surface area contributed by atoms with E-state index in [9.17, 15) is 0 Å². The van der Waals surface area contributed by atoms with Crippen molar-refractivity contribution >= 4 is 5.82 Å². The number of nitrogens with one attached hydrogen (secondary N) is 2. The van der Waals surface area contributed by atoms with Crippen molar-refractivity contribution in [2.75, 3.05) is 38.3 Å². The maximum Gasteiger partial charge on any atom is 0.105 e. The molecule has 2 rings (SSSR count). The second-order valence-corrected chi connectivity index (χ2v) is 3.66. The van der Waals surface area contributed by atoms with Gasteiger partial charge in [-0.05, 0) is 12.1 Å². The summed E-state index contributed by atoms with van der Waals surface area (Å²) in [5.74, 6) is 1.15. The van der Waals surface area contributed by atoms with Crippen LogP contribution in [0.3, 0.4) is 0 Å². The van der Waals surface area contributed by atoms with Gasteiger partial charge in [0, 0.05) is 32.4 Å². The summed E-state index contributed by atoms with van der Waals surface area (Å²) >= 11 is 0. The molecule has 0 aliphatic carbocycles. The van der Waals surface area contributed by atoms with Gasteiger partial charge in [-0.3, -0.25) is 0 Å². The average Bonchev–Trinajstić information content (AvgIpc) is 2.72. The lowest BCUT2D eigenvalue weighted by Crippen LogP contribution is -2.47. The van der Waals surface area contributed by atoms with Gasteiger partial charge in [0.1, 0.15) is 5.82 Å². The van der Waals surface area contributed by atoms with E-state index in [1.807, 2.05) is 12.3 Å². The van der Waals surface area contributed by atoms with Crippen molar-refractivity contribution in [2.24, 2.45) is 0 Å². The maximum absolute atomic E-state index is 5.40. The lowest BCUT2D eigenvalue weighted by molar-refractivity contribution is 0.0791. The molecule has 1 aliphatic heterocycles. The Morgan fingerprint density at radius 2 is 2.57 bits per heavy atom. The number of morpholine rings is 1. The molecule has 0 radical (unpaired) electrons. The second-order valence-electron chi connectivity index (χ2n) is 3.66. The highest BCUT2D eigenvalue weighted by molar-refractivity contribution is 5.37. The first-order chi connectivity index (χ1) is 6.86. The van der Waals surface area contributed by atoms with E-state index in [2.05, 4.69) is 28.3 Å². The van der Waals surface area contributed by atoms with Crippen molar-refractivity contribution in [2.45, 2.75) is 6.04 Å². The van der Waals surface area contributed by atoms with E-state index in [-0.39, 0.29) is 0 Å². The molecule has 78 valence electrons. The summed E-state index contributed by atoms with van der Waals surface area (Å²) in [4.78, 5) is 5.38. The van der Waals surface area contributed by atoms with Crippen LogP contribution in [0.2, 0.25) is 0 Å². The first-order valence-electron chi connectivity index (χ1n) is 5.02. The highest BCUT2D eigenvalue weighted by Gasteiger charge is 2.15. The Labute approximate surface area is 84.2 Å². The summed E-state index contributed by atoms with van der Waals surface area (Å²) in [5, 5.41) is 3.43. The highest BCUT2D eigenvalue weighted by atomic mass is 16.5. The van der Waals surface area contributed by atoms with Crippen LogP contribution in [0.15, 0.2) is 18.3 Å². The Morgan fingerprint density at radius 3 is 3.21 bits per heavy atom. The number of nitrogens with zero attached hydrogens (tertiary/aromatic N) is 1. The molecule has 0 spiro atoms. The number of likely N-dealkylation sites (N-methyl/N-ethyl adjacent to an activating group) is 1. The molecule has 1 saturated heterocycles. The van der Waals surface area contributed by atoms with Crippen molar-refractivity contribution in [3.05, 3.63) is 18.3 Å². The molecule has 1 aliphatic rings. The zero-order valence-corrected chi connectivity index (χ0v) is 8.49. The van der Waals surface area contributed by atoms with Gasteiger partial charge in [0.25, 0.3) is 0 Å². The molecule has 0 aromatic carbocycles. The SMILES string of the molecule is CN(CC1COCCN1)c1ccc[nH]1. The van der Waals surface area contributed by atoms with Gasteiger partial charge in [0.05, 0.1) is 13.2 Å². The van der Waals surface area contributed by atoms with Crippen LogP contribution in [0.1, 0.15) is 0 Å². The van der Waals surface area contributed by atoms with Crippen LogP contribution in [-0.4, -0.2) is 44.4 Å². The van der Waals surface area contributed by atoms with Crippen molar-refractivity contribution < 1.29 is 4.74 Å². The predicted octanol–water partition coefficient (Wildman–Crippen LogP) is 0.439. The largest absolute Gasteiger partial charge is 0.378 e. The third kappa shape index (κ3) is 2.27. The monoisotopic (exact) mass is 195 g/mol. The molecule has 1 atom stereocenters. The highest BCUT2D eigenvalue weighted by Crippen LogP contribution is 2.08. The van der Waals surface area contributed by atoms with Crippen molar-refractivity contribution in [3.8, 4) is 0 Å². The number of rotatable bonds is 3. The zero-order chi connectivity index (χ0) is 9.80. The van der Waals surface area contributed by atoms with Crippen molar-refractivity contribution in [3.63, 3.8) is 0 Å². The third-order valence-corrected chi connectivity index (χ3v) is 2.49. The van der Waals surface area contributed by atoms with Crippen LogP contribution in [-0.2, 0) is 4.74 Å². The molecule has 0 bridgehead atoms. The number of hydrogen-bond donors (Lipinski definition) is 2.